The Hall–Kier alpha value is -0.570. The zero-order valence-corrected chi connectivity index (χ0v) is 11.7. The van der Waals surface area contributed by atoms with E-state index < -0.39 is 0 Å². The van der Waals surface area contributed by atoms with E-state index >= 15 is 0 Å². The molecule has 2 saturated heterocycles. The van der Waals surface area contributed by atoms with Gasteiger partial charge in [0.25, 0.3) is 0 Å². The van der Waals surface area contributed by atoms with Crippen molar-refractivity contribution < 1.29 is 4.79 Å². The van der Waals surface area contributed by atoms with Crippen LogP contribution in [-0.4, -0.2) is 48.9 Å². The molecule has 1 amide bonds. The molecule has 0 aromatic heterocycles. The van der Waals surface area contributed by atoms with Crippen LogP contribution in [0.2, 0.25) is 0 Å². The second-order valence-corrected chi connectivity index (χ2v) is 6.90. The van der Waals surface area contributed by atoms with Crippen molar-refractivity contribution in [3.8, 4) is 0 Å². The van der Waals surface area contributed by atoms with Gasteiger partial charge in [0.05, 0.1) is 5.92 Å². The normalized spacial score (nSPS) is 31.2. The molecule has 2 aliphatic heterocycles. The average Bonchev–Trinajstić information content (AvgIpc) is 2.12. The molecule has 0 saturated carbocycles. The average molecular weight is 238 g/mol. The Morgan fingerprint density at radius 2 is 1.82 bits per heavy atom. The van der Waals surface area contributed by atoms with E-state index in [4.69, 9.17) is 0 Å². The van der Waals surface area contributed by atoms with Gasteiger partial charge in [-0.15, -0.1) is 0 Å². The maximum atomic E-state index is 12.3. The van der Waals surface area contributed by atoms with Gasteiger partial charge in [0, 0.05) is 26.2 Å². The van der Waals surface area contributed by atoms with Crippen LogP contribution in [0.4, 0.5) is 0 Å². The summed E-state index contributed by atoms with van der Waals surface area (Å²) < 4.78 is 0. The Morgan fingerprint density at radius 1 is 1.18 bits per heavy atom. The number of amides is 1. The monoisotopic (exact) mass is 238 g/mol. The summed E-state index contributed by atoms with van der Waals surface area (Å²) in [7, 11) is 2.15. The predicted molar refractivity (Wildman–Crippen MR) is 69.7 cm³/mol. The smallest absolute Gasteiger partial charge is 0.226 e. The van der Waals surface area contributed by atoms with Crippen LogP contribution in [0.15, 0.2) is 0 Å². The van der Waals surface area contributed by atoms with Crippen molar-refractivity contribution in [2.75, 3.05) is 33.2 Å². The van der Waals surface area contributed by atoms with E-state index in [-0.39, 0.29) is 5.92 Å². The molecule has 0 spiro atoms. The summed E-state index contributed by atoms with van der Waals surface area (Å²) in [6.07, 6.45) is 2.26. The van der Waals surface area contributed by atoms with Crippen LogP contribution in [0.3, 0.4) is 0 Å². The summed E-state index contributed by atoms with van der Waals surface area (Å²) in [6, 6.07) is 0. The lowest BCUT2D eigenvalue weighted by atomic mass is 9.73. The van der Waals surface area contributed by atoms with E-state index in [1.165, 1.54) is 6.42 Å². The van der Waals surface area contributed by atoms with Crippen molar-refractivity contribution in [2.45, 2.75) is 33.6 Å². The number of nitrogens with zero attached hydrogens (tertiary/aromatic N) is 2. The lowest BCUT2D eigenvalue weighted by Gasteiger charge is -2.44. The highest BCUT2D eigenvalue weighted by Gasteiger charge is 2.38. The highest BCUT2D eigenvalue weighted by atomic mass is 16.2. The van der Waals surface area contributed by atoms with Gasteiger partial charge in [0.15, 0.2) is 0 Å². The van der Waals surface area contributed by atoms with E-state index in [1.54, 1.807) is 0 Å². The molecule has 2 heterocycles. The molecule has 3 heteroatoms. The zero-order valence-electron chi connectivity index (χ0n) is 11.7. The molecule has 0 aliphatic carbocycles. The molecule has 0 radical (unpaired) electrons. The number of rotatable bonds is 1. The SMILES string of the molecule is CN1C[C@@H](C(=O)N2CCC2)C[C@H](C(C)(C)C)C1. The highest BCUT2D eigenvalue weighted by Crippen LogP contribution is 2.36. The lowest BCUT2D eigenvalue weighted by Crippen LogP contribution is -2.52. The van der Waals surface area contributed by atoms with Crippen molar-refractivity contribution in [3.05, 3.63) is 0 Å². The molecular weight excluding hydrogens is 212 g/mol. The van der Waals surface area contributed by atoms with Gasteiger partial charge in [-0.25, -0.2) is 0 Å². The summed E-state index contributed by atoms with van der Waals surface area (Å²) in [5.41, 5.74) is 0.308. The fourth-order valence-corrected chi connectivity index (χ4v) is 2.92. The second-order valence-electron chi connectivity index (χ2n) is 6.90. The topological polar surface area (TPSA) is 23.6 Å². The fourth-order valence-electron chi connectivity index (χ4n) is 2.92. The molecule has 2 atom stereocenters. The quantitative estimate of drug-likeness (QED) is 0.696. The van der Waals surface area contributed by atoms with Crippen molar-refractivity contribution in [1.82, 2.24) is 9.80 Å². The molecule has 0 aromatic carbocycles. The van der Waals surface area contributed by atoms with Crippen molar-refractivity contribution in [2.24, 2.45) is 17.3 Å². The molecule has 0 bridgehead atoms. The van der Waals surface area contributed by atoms with Gasteiger partial charge in [-0.1, -0.05) is 20.8 Å². The minimum absolute atomic E-state index is 0.235. The van der Waals surface area contributed by atoms with Crippen molar-refractivity contribution in [1.29, 1.82) is 0 Å². The molecule has 2 fully saturated rings. The van der Waals surface area contributed by atoms with Gasteiger partial charge in [0.2, 0.25) is 5.91 Å². The van der Waals surface area contributed by atoms with Gasteiger partial charge < -0.3 is 9.80 Å². The van der Waals surface area contributed by atoms with Crippen molar-refractivity contribution >= 4 is 5.91 Å². The van der Waals surface area contributed by atoms with Gasteiger partial charge in [-0.2, -0.15) is 0 Å². The van der Waals surface area contributed by atoms with Crippen molar-refractivity contribution in [3.63, 3.8) is 0 Å². The van der Waals surface area contributed by atoms with Crippen LogP contribution >= 0.6 is 0 Å². The van der Waals surface area contributed by atoms with Gasteiger partial charge in [-0.05, 0) is 31.2 Å². The number of likely N-dealkylation sites (tertiary alicyclic amines) is 2. The third-order valence-electron chi connectivity index (χ3n) is 4.37. The number of hydrogen-bond acceptors (Lipinski definition) is 2. The van der Waals surface area contributed by atoms with Crippen LogP contribution in [-0.2, 0) is 4.79 Å². The molecule has 0 unspecified atom stereocenters. The summed E-state index contributed by atoms with van der Waals surface area (Å²) in [5.74, 6) is 1.27. The Bertz CT molecular complexity index is 291. The Labute approximate surface area is 105 Å². The van der Waals surface area contributed by atoms with Gasteiger partial charge >= 0.3 is 0 Å². The number of carbonyl (C=O) groups is 1. The molecule has 0 N–H and O–H groups in total. The predicted octanol–water partition coefficient (Wildman–Crippen LogP) is 1.83. The second kappa shape index (κ2) is 4.60. The van der Waals surface area contributed by atoms with E-state index in [0.717, 1.165) is 32.6 Å². The minimum atomic E-state index is 0.235. The minimum Gasteiger partial charge on any atom is -0.342 e. The Kier molecular flexibility index (Phi) is 3.48. The van der Waals surface area contributed by atoms with Crippen LogP contribution in [0.25, 0.3) is 0 Å². The molecule has 98 valence electrons. The maximum Gasteiger partial charge on any atom is 0.226 e. The standard InChI is InChI=1S/C14H26N2O/c1-14(2,3)12-8-11(9-15(4)10-12)13(17)16-6-5-7-16/h11-12H,5-10H2,1-4H3/t11-,12-/m0/s1. The summed E-state index contributed by atoms with van der Waals surface area (Å²) >= 11 is 0. The largest absolute Gasteiger partial charge is 0.342 e. The first-order chi connectivity index (χ1) is 7.88. The van der Waals surface area contributed by atoms with Crippen LogP contribution < -0.4 is 0 Å². The third kappa shape index (κ3) is 2.82. The number of hydrogen-bond donors (Lipinski definition) is 0. The molecule has 3 nitrogen and oxygen atoms in total. The van der Waals surface area contributed by atoms with E-state index in [1.807, 2.05) is 4.90 Å². The summed E-state index contributed by atoms with van der Waals surface area (Å²) in [5, 5.41) is 0. The van der Waals surface area contributed by atoms with E-state index in [9.17, 15) is 4.79 Å². The summed E-state index contributed by atoms with van der Waals surface area (Å²) in [4.78, 5) is 16.7. The number of carbonyl (C=O) groups excluding carboxylic acids is 1. The van der Waals surface area contributed by atoms with E-state index in [0.29, 0.717) is 17.2 Å². The first kappa shape index (κ1) is 12.9. The van der Waals surface area contributed by atoms with Crippen LogP contribution in [0.5, 0.6) is 0 Å². The molecular formula is C14H26N2O. The molecule has 2 aliphatic rings. The third-order valence-corrected chi connectivity index (χ3v) is 4.37. The summed E-state index contributed by atoms with van der Waals surface area (Å²) in [6.45, 7) is 10.9. The highest BCUT2D eigenvalue weighted by molar-refractivity contribution is 5.79. The zero-order chi connectivity index (χ0) is 12.6. The first-order valence-corrected chi connectivity index (χ1v) is 6.85. The fraction of sp³-hybridized carbons (Fsp3) is 0.929. The van der Waals surface area contributed by atoms with E-state index in [2.05, 4.69) is 32.7 Å². The van der Waals surface area contributed by atoms with Crippen LogP contribution in [0.1, 0.15) is 33.6 Å². The first-order valence-electron chi connectivity index (χ1n) is 6.85. The molecule has 0 aromatic rings. The lowest BCUT2D eigenvalue weighted by molar-refractivity contribution is -0.142. The Balaban J connectivity index is 2.00. The molecule has 17 heavy (non-hydrogen) atoms. The van der Waals surface area contributed by atoms with Gasteiger partial charge in [-0.3, -0.25) is 4.79 Å². The Morgan fingerprint density at radius 3 is 2.29 bits per heavy atom. The van der Waals surface area contributed by atoms with Gasteiger partial charge in [0.1, 0.15) is 0 Å². The maximum absolute atomic E-state index is 12.3. The van der Waals surface area contributed by atoms with Crippen LogP contribution in [0, 0.1) is 17.3 Å². The molecule has 2 rings (SSSR count). The number of piperidine rings is 1.